The summed E-state index contributed by atoms with van der Waals surface area (Å²) >= 11 is 15.9. The summed E-state index contributed by atoms with van der Waals surface area (Å²) in [6.07, 6.45) is -1.31. The van der Waals surface area contributed by atoms with Crippen LogP contribution in [0.2, 0.25) is 0 Å². The highest BCUT2D eigenvalue weighted by molar-refractivity contribution is 7.90. The molecule has 1 unspecified atom stereocenters. The number of carbonyl (C=O) groups excluding carboxylic acids is 2. The average molecular weight is 418 g/mol. The fourth-order valence-electron chi connectivity index (χ4n) is 1.87. The Hall–Kier alpha value is -1.26. The number of rotatable bonds is 4. The van der Waals surface area contributed by atoms with E-state index in [2.05, 4.69) is 0 Å². The summed E-state index contributed by atoms with van der Waals surface area (Å²) in [7, 11) is -4.24. The lowest BCUT2D eigenvalue weighted by Crippen LogP contribution is -2.38. The van der Waals surface area contributed by atoms with Crippen LogP contribution in [0, 0.1) is 0 Å². The molecular weight excluding hydrogens is 407 g/mol. The summed E-state index contributed by atoms with van der Waals surface area (Å²) in [5.41, 5.74) is 0.364. The van der Waals surface area contributed by atoms with E-state index in [0.717, 1.165) is 0 Å². The van der Waals surface area contributed by atoms with Crippen LogP contribution in [0.3, 0.4) is 0 Å². The molecule has 24 heavy (non-hydrogen) atoms. The number of benzene rings is 1. The minimum Gasteiger partial charge on any atom is -0.441 e. The van der Waals surface area contributed by atoms with Gasteiger partial charge in [-0.05, 0) is 24.3 Å². The van der Waals surface area contributed by atoms with Gasteiger partial charge in [-0.1, -0.05) is 34.8 Å². The molecule has 1 aliphatic heterocycles. The van der Waals surface area contributed by atoms with Crippen molar-refractivity contribution in [3.63, 3.8) is 0 Å². The number of hydrogen-bond donors (Lipinski definition) is 2. The maximum atomic E-state index is 12.0. The van der Waals surface area contributed by atoms with Crippen molar-refractivity contribution in [1.29, 1.82) is 0 Å². The molecule has 0 spiro atoms. The van der Waals surface area contributed by atoms with Crippen LogP contribution in [-0.2, 0) is 19.6 Å². The van der Waals surface area contributed by atoms with Crippen molar-refractivity contribution in [2.24, 2.45) is 0 Å². The average Bonchev–Trinajstić information content (AvgIpc) is 2.87. The van der Waals surface area contributed by atoms with Crippen molar-refractivity contribution in [1.82, 2.24) is 4.72 Å². The van der Waals surface area contributed by atoms with Crippen molar-refractivity contribution < 1.29 is 27.9 Å². The molecule has 1 aliphatic rings. The van der Waals surface area contributed by atoms with Gasteiger partial charge in [-0.15, -0.1) is 0 Å². The van der Waals surface area contributed by atoms with Gasteiger partial charge in [0.2, 0.25) is 0 Å². The van der Waals surface area contributed by atoms with Gasteiger partial charge >= 0.3 is 6.09 Å². The normalized spacial score (nSPS) is 18.4. The molecule has 12 heteroatoms. The molecule has 0 radical (unpaired) electrons. The van der Waals surface area contributed by atoms with Gasteiger partial charge in [0.1, 0.15) is 6.10 Å². The van der Waals surface area contributed by atoms with Crippen LogP contribution in [0.1, 0.15) is 0 Å². The van der Waals surface area contributed by atoms with E-state index in [0.29, 0.717) is 5.69 Å². The summed E-state index contributed by atoms with van der Waals surface area (Å²) < 4.78 is 28.2. The van der Waals surface area contributed by atoms with Crippen LogP contribution in [-0.4, -0.2) is 48.6 Å². The van der Waals surface area contributed by atoms with E-state index in [9.17, 15) is 18.0 Å². The summed E-state index contributed by atoms with van der Waals surface area (Å²) in [6, 6.07) is 5.02. The molecule has 132 valence electrons. The predicted molar refractivity (Wildman–Crippen MR) is 86.8 cm³/mol. The van der Waals surface area contributed by atoms with Crippen LogP contribution in [0.25, 0.3) is 0 Å². The van der Waals surface area contributed by atoms with Crippen LogP contribution in [0.15, 0.2) is 29.2 Å². The lowest BCUT2D eigenvalue weighted by Gasteiger charge is -2.14. The Morgan fingerprint density at radius 1 is 1.33 bits per heavy atom. The maximum Gasteiger partial charge on any atom is 0.414 e. The van der Waals surface area contributed by atoms with E-state index in [1.165, 1.54) is 29.2 Å². The number of alkyl halides is 3. The third-order valence-electron chi connectivity index (χ3n) is 3.02. The Kier molecular flexibility index (Phi) is 5.50. The van der Waals surface area contributed by atoms with Crippen LogP contribution in [0.4, 0.5) is 10.5 Å². The number of aliphatic hydroxyl groups excluding tert-OH is 1. The van der Waals surface area contributed by atoms with Gasteiger partial charge in [-0.25, -0.2) is 17.9 Å². The smallest absolute Gasteiger partial charge is 0.414 e. The number of sulfonamides is 1. The molecular formula is C12H11Cl3N2O6S. The number of aliphatic hydroxyl groups is 1. The van der Waals surface area contributed by atoms with Gasteiger partial charge in [-0.3, -0.25) is 9.69 Å². The zero-order valence-electron chi connectivity index (χ0n) is 11.8. The summed E-state index contributed by atoms with van der Waals surface area (Å²) in [5.74, 6) is -1.31. The van der Waals surface area contributed by atoms with Crippen molar-refractivity contribution in [2.75, 3.05) is 18.1 Å². The molecule has 0 aliphatic carbocycles. The highest BCUT2D eigenvalue weighted by Crippen LogP contribution is 2.27. The van der Waals surface area contributed by atoms with E-state index in [4.69, 9.17) is 44.6 Å². The zero-order valence-corrected chi connectivity index (χ0v) is 14.9. The van der Waals surface area contributed by atoms with Crippen LogP contribution >= 0.6 is 34.8 Å². The van der Waals surface area contributed by atoms with Gasteiger partial charge < -0.3 is 9.84 Å². The molecule has 1 atom stereocenters. The number of nitrogens with one attached hydrogen (secondary N) is 1. The first kappa shape index (κ1) is 19.1. The number of ether oxygens (including phenoxy) is 1. The van der Waals surface area contributed by atoms with Crippen molar-refractivity contribution >= 4 is 62.5 Å². The first-order valence-corrected chi connectivity index (χ1v) is 8.99. The molecule has 2 rings (SSSR count). The number of halogens is 3. The second-order valence-electron chi connectivity index (χ2n) is 4.73. The highest BCUT2D eigenvalue weighted by Gasteiger charge is 2.35. The van der Waals surface area contributed by atoms with Gasteiger partial charge in [0.25, 0.3) is 19.7 Å². The third kappa shape index (κ3) is 4.22. The molecule has 1 fully saturated rings. The second-order valence-corrected chi connectivity index (χ2v) is 8.69. The van der Waals surface area contributed by atoms with Gasteiger partial charge in [0, 0.05) is 5.69 Å². The maximum absolute atomic E-state index is 12.0. The second kappa shape index (κ2) is 6.93. The van der Waals surface area contributed by atoms with Crippen molar-refractivity contribution in [3.05, 3.63) is 24.3 Å². The van der Waals surface area contributed by atoms with Crippen LogP contribution in [0.5, 0.6) is 0 Å². The minimum atomic E-state index is -4.24. The number of nitrogens with zero attached hydrogens (tertiary/aromatic N) is 1. The Morgan fingerprint density at radius 2 is 1.92 bits per heavy atom. The fourth-order valence-corrected chi connectivity index (χ4v) is 3.19. The third-order valence-corrected chi connectivity index (χ3v) is 4.88. The topological polar surface area (TPSA) is 113 Å². The number of anilines is 1. The first-order chi connectivity index (χ1) is 11.0. The van der Waals surface area contributed by atoms with Gasteiger partial charge in [-0.2, -0.15) is 0 Å². The molecule has 1 saturated heterocycles. The summed E-state index contributed by atoms with van der Waals surface area (Å²) in [5, 5.41) is 8.99. The number of carbonyl (C=O) groups is 2. The lowest BCUT2D eigenvalue weighted by molar-refractivity contribution is -0.118. The molecule has 0 saturated carbocycles. The van der Waals surface area contributed by atoms with Crippen molar-refractivity contribution in [3.8, 4) is 0 Å². The van der Waals surface area contributed by atoms with Crippen molar-refractivity contribution in [2.45, 2.75) is 14.8 Å². The minimum absolute atomic E-state index is 0.130. The standard InChI is InChI=1S/C12H11Cl3N2O6S/c13-12(14,15)10(19)16-24(21,22)9-3-1-7(2-4-9)17-5-8(6-18)23-11(17)20/h1-4,8,18H,5-6H2,(H,16,19). The lowest BCUT2D eigenvalue weighted by atomic mass is 10.3. The number of cyclic esters (lactones) is 1. The van der Waals surface area contributed by atoms with E-state index in [1.807, 2.05) is 0 Å². The quantitative estimate of drug-likeness (QED) is 0.711. The molecule has 2 N–H and O–H groups in total. The molecule has 1 aromatic rings. The Morgan fingerprint density at radius 3 is 2.38 bits per heavy atom. The Balaban J connectivity index is 2.17. The molecule has 0 aromatic heterocycles. The largest absolute Gasteiger partial charge is 0.441 e. The molecule has 1 heterocycles. The molecule has 8 nitrogen and oxygen atoms in total. The molecule has 0 bridgehead atoms. The molecule has 1 aromatic carbocycles. The van der Waals surface area contributed by atoms with Gasteiger partial charge in [0.05, 0.1) is 18.0 Å². The number of amides is 2. The first-order valence-electron chi connectivity index (χ1n) is 6.37. The highest BCUT2D eigenvalue weighted by atomic mass is 35.6. The fraction of sp³-hybridized carbons (Fsp3) is 0.333. The SMILES string of the molecule is O=C1OC(CO)CN1c1ccc(S(=O)(=O)NC(=O)C(Cl)(Cl)Cl)cc1. The summed E-state index contributed by atoms with van der Waals surface area (Å²) in [4.78, 5) is 24.1. The Labute approximate surface area is 152 Å². The zero-order chi connectivity index (χ0) is 18.1. The predicted octanol–water partition coefficient (Wildman–Crippen LogP) is 1.18. The monoisotopic (exact) mass is 416 g/mol. The van der Waals surface area contributed by atoms with E-state index in [1.54, 1.807) is 4.72 Å². The van der Waals surface area contributed by atoms with E-state index >= 15 is 0 Å². The van der Waals surface area contributed by atoms with Gasteiger partial charge in [0.15, 0.2) is 0 Å². The number of hydrogen-bond acceptors (Lipinski definition) is 6. The Bertz CT molecular complexity index is 747. The molecule has 2 amide bonds. The van der Waals surface area contributed by atoms with E-state index in [-0.39, 0.29) is 18.0 Å². The van der Waals surface area contributed by atoms with E-state index < -0.39 is 31.9 Å². The van der Waals surface area contributed by atoms with Crippen LogP contribution < -0.4 is 9.62 Å². The summed E-state index contributed by atoms with van der Waals surface area (Å²) in [6.45, 7) is -0.191.